The molecule has 0 aromatic heterocycles. The highest BCUT2D eigenvalue weighted by atomic mass is 16.5. The van der Waals surface area contributed by atoms with Crippen LogP contribution in [0.5, 0.6) is 0 Å². The molecule has 0 heterocycles. The van der Waals surface area contributed by atoms with E-state index in [0.29, 0.717) is 0 Å². The predicted molar refractivity (Wildman–Crippen MR) is 71.6 cm³/mol. The summed E-state index contributed by atoms with van der Waals surface area (Å²) in [5, 5.41) is 0. The van der Waals surface area contributed by atoms with Crippen molar-refractivity contribution in [1.82, 2.24) is 0 Å². The van der Waals surface area contributed by atoms with Crippen LogP contribution in [0.1, 0.15) is 13.8 Å². The fourth-order valence-electron chi connectivity index (χ4n) is 0.737. The smallest absolute Gasteiger partial charge is 0.331 e. The van der Waals surface area contributed by atoms with Crippen molar-refractivity contribution in [3.63, 3.8) is 0 Å². The molecule has 0 bridgehead atoms. The average Bonchev–Trinajstić information content (AvgIpc) is 2.39. The SMILES string of the molecule is COC(=O)C=CC#CC#CC=CCOC(=O)C(C)C. The number of hydrogen-bond acceptors (Lipinski definition) is 4. The van der Waals surface area contributed by atoms with Crippen molar-refractivity contribution in [2.75, 3.05) is 13.7 Å². The summed E-state index contributed by atoms with van der Waals surface area (Å²) >= 11 is 0. The van der Waals surface area contributed by atoms with Gasteiger partial charge in [-0.25, -0.2) is 4.79 Å². The van der Waals surface area contributed by atoms with Crippen molar-refractivity contribution in [3.05, 3.63) is 24.3 Å². The third-order valence-electron chi connectivity index (χ3n) is 1.71. The monoisotopic (exact) mass is 260 g/mol. The Bertz CT molecular complexity index is 476. The first-order valence-corrected chi connectivity index (χ1v) is 5.65. The lowest BCUT2D eigenvalue weighted by molar-refractivity contribution is -0.146. The Morgan fingerprint density at radius 3 is 2.37 bits per heavy atom. The Kier molecular flexibility index (Phi) is 9.30. The Morgan fingerprint density at radius 2 is 1.79 bits per heavy atom. The van der Waals surface area contributed by atoms with Crippen LogP contribution in [0, 0.1) is 29.6 Å². The van der Waals surface area contributed by atoms with Gasteiger partial charge in [0.05, 0.1) is 13.0 Å². The van der Waals surface area contributed by atoms with Crippen molar-refractivity contribution >= 4 is 11.9 Å². The van der Waals surface area contributed by atoms with E-state index in [0.717, 1.165) is 0 Å². The Labute approximate surface area is 113 Å². The van der Waals surface area contributed by atoms with Gasteiger partial charge in [-0.05, 0) is 30.1 Å². The number of carbonyl (C=O) groups excluding carboxylic acids is 2. The van der Waals surface area contributed by atoms with Gasteiger partial charge < -0.3 is 9.47 Å². The lowest BCUT2D eigenvalue weighted by Crippen LogP contribution is -2.11. The molecule has 0 radical (unpaired) electrons. The van der Waals surface area contributed by atoms with Gasteiger partial charge in [-0.15, -0.1) is 0 Å². The Balaban J connectivity index is 3.93. The number of hydrogen-bond donors (Lipinski definition) is 0. The minimum Gasteiger partial charge on any atom is -0.466 e. The second-order valence-corrected chi connectivity index (χ2v) is 3.58. The number of ether oxygens (including phenoxy) is 2. The van der Waals surface area contributed by atoms with Gasteiger partial charge in [-0.3, -0.25) is 4.79 Å². The summed E-state index contributed by atoms with van der Waals surface area (Å²) in [4.78, 5) is 21.7. The molecule has 0 N–H and O–H groups in total. The fraction of sp³-hybridized carbons (Fsp3) is 0.333. The minimum absolute atomic E-state index is 0.132. The van der Waals surface area contributed by atoms with E-state index in [1.54, 1.807) is 26.0 Å². The first-order chi connectivity index (χ1) is 9.07. The molecular weight excluding hydrogens is 244 g/mol. The van der Waals surface area contributed by atoms with Crippen molar-refractivity contribution < 1.29 is 19.1 Å². The quantitative estimate of drug-likeness (QED) is 0.436. The molecule has 4 heteroatoms. The number of methoxy groups -OCH3 is 1. The average molecular weight is 260 g/mol. The molecule has 0 aliphatic carbocycles. The van der Waals surface area contributed by atoms with E-state index < -0.39 is 5.97 Å². The van der Waals surface area contributed by atoms with Gasteiger partial charge in [0, 0.05) is 6.08 Å². The van der Waals surface area contributed by atoms with Crippen LogP contribution in [0.4, 0.5) is 0 Å². The molecule has 0 aliphatic heterocycles. The van der Waals surface area contributed by atoms with Crippen molar-refractivity contribution in [1.29, 1.82) is 0 Å². The second-order valence-electron chi connectivity index (χ2n) is 3.58. The summed E-state index contributed by atoms with van der Waals surface area (Å²) in [6.45, 7) is 3.73. The van der Waals surface area contributed by atoms with E-state index in [1.165, 1.54) is 19.3 Å². The molecule has 19 heavy (non-hydrogen) atoms. The Hall–Kier alpha value is -2.46. The number of carbonyl (C=O) groups is 2. The fourth-order valence-corrected chi connectivity index (χ4v) is 0.737. The van der Waals surface area contributed by atoms with E-state index >= 15 is 0 Å². The molecule has 0 aliphatic rings. The minimum atomic E-state index is -0.464. The van der Waals surface area contributed by atoms with Crippen LogP contribution in [0.15, 0.2) is 24.3 Å². The molecule has 0 spiro atoms. The van der Waals surface area contributed by atoms with E-state index in [9.17, 15) is 9.59 Å². The maximum Gasteiger partial charge on any atom is 0.331 e. The highest BCUT2D eigenvalue weighted by Gasteiger charge is 2.05. The molecule has 0 aromatic rings. The predicted octanol–water partition coefficient (Wildman–Crippen LogP) is 1.48. The van der Waals surface area contributed by atoms with Crippen molar-refractivity contribution in [3.8, 4) is 23.7 Å². The van der Waals surface area contributed by atoms with Crippen LogP contribution in [0.3, 0.4) is 0 Å². The maximum absolute atomic E-state index is 11.1. The molecule has 0 rings (SSSR count). The van der Waals surface area contributed by atoms with Gasteiger partial charge in [0.1, 0.15) is 6.61 Å². The zero-order valence-electron chi connectivity index (χ0n) is 11.2. The Morgan fingerprint density at radius 1 is 1.16 bits per heavy atom. The first-order valence-electron chi connectivity index (χ1n) is 5.65. The van der Waals surface area contributed by atoms with Crippen LogP contribution in [-0.4, -0.2) is 25.7 Å². The molecule has 0 atom stereocenters. The topological polar surface area (TPSA) is 52.6 Å². The number of rotatable bonds is 4. The number of allylic oxidation sites excluding steroid dienone is 2. The van der Waals surface area contributed by atoms with E-state index in [2.05, 4.69) is 28.4 Å². The van der Waals surface area contributed by atoms with Gasteiger partial charge >= 0.3 is 11.9 Å². The van der Waals surface area contributed by atoms with Crippen LogP contribution in [0.2, 0.25) is 0 Å². The summed E-state index contributed by atoms with van der Waals surface area (Å²) in [5.41, 5.74) is 0. The van der Waals surface area contributed by atoms with Crippen LogP contribution in [-0.2, 0) is 19.1 Å². The second kappa shape index (κ2) is 10.7. The number of esters is 2. The van der Waals surface area contributed by atoms with Crippen LogP contribution < -0.4 is 0 Å². The van der Waals surface area contributed by atoms with Gasteiger partial charge in [0.15, 0.2) is 0 Å². The highest BCUT2D eigenvalue weighted by molar-refractivity contribution is 5.82. The third kappa shape index (κ3) is 10.4. The summed E-state index contributed by atoms with van der Waals surface area (Å²) in [6, 6.07) is 0. The van der Waals surface area contributed by atoms with Gasteiger partial charge in [-0.2, -0.15) is 0 Å². The highest BCUT2D eigenvalue weighted by Crippen LogP contribution is 1.95. The first kappa shape index (κ1) is 16.5. The summed E-state index contributed by atoms with van der Waals surface area (Å²) in [5.74, 6) is 9.42. The van der Waals surface area contributed by atoms with E-state index in [4.69, 9.17) is 4.74 Å². The molecule has 0 saturated heterocycles. The van der Waals surface area contributed by atoms with E-state index in [-0.39, 0.29) is 18.5 Å². The van der Waals surface area contributed by atoms with Crippen LogP contribution in [0.25, 0.3) is 0 Å². The molecule has 100 valence electrons. The van der Waals surface area contributed by atoms with Crippen molar-refractivity contribution in [2.45, 2.75) is 13.8 Å². The molecule has 0 amide bonds. The van der Waals surface area contributed by atoms with Gasteiger partial charge in [0.2, 0.25) is 0 Å². The molecule has 0 fully saturated rings. The summed E-state index contributed by atoms with van der Waals surface area (Å²) in [6.07, 6.45) is 5.73. The standard InChI is InChI=1S/C15H16O4/c1-13(2)15(17)19-12-10-8-6-4-5-7-9-11-14(16)18-3/h8-11,13H,12H2,1-3H3. The lowest BCUT2D eigenvalue weighted by Gasteiger charge is -2.02. The normalized spacial score (nSPS) is 9.68. The van der Waals surface area contributed by atoms with E-state index in [1.807, 2.05) is 0 Å². The maximum atomic E-state index is 11.1. The summed E-state index contributed by atoms with van der Waals surface area (Å²) in [7, 11) is 1.29. The third-order valence-corrected chi connectivity index (χ3v) is 1.71. The molecule has 4 nitrogen and oxygen atoms in total. The molecule has 0 saturated carbocycles. The summed E-state index contributed by atoms with van der Waals surface area (Å²) < 4.78 is 9.27. The van der Waals surface area contributed by atoms with Gasteiger partial charge in [-0.1, -0.05) is 25.7 Å². The molecule has 0 aromatic carbocycles. The zero-order chi connectivity index (χ0) is 14.5. The molecular formula is C15H16O4. The van der Waals surface area contributed by atoms with Crippen molar-refractivity contribution in [2.24, 2.45) is 5.92 Å². The van der Waals surface area contributed by atoms with Crippen LogP contribution >= 0.6 is 0 Å². The largest absolute Gasteiger partial charge is 0.466 e. The lowest BCUT2D eigenvalue weighted by atomic mass is 10.2. The molecule has 0 unspecified atom stereocenters. The zero-order valence-corrected chi connectivity index (χ0v) is 11.2. The van der Waals surface area contributed by atoms with Gasteiger partial charge in [0.25, 0.3) is 0 Å².